The molecule has 0 bridgehead atoms. The van der Waals surface area contributed by atoms with Gasteiger partial charge in [0.2, 0.25) is 0 Å². The van der Waals surface area contributed by atoms with Gasteiger partial charge in [-0.15, -0.1) is 0 Å². The average Bonchev–Trinajstić information content (AvgIpc) is 2.88. The second kappa shape index (κ2) is 5.72. The maximum atomic E-state index is 13.5. The summed E-state index contributed by atoms with van der Waals surface area (Å²) in [5, 5.41) is 5.36. The van der Waals surface area contributed by atoms with Gasteiger partial charge in [-0.2, -0.15) is 5.16 Å². The Labute approximate surface area is 133 Å². The lowest BCUT2D eigenvalue weighted by atomic mass is 10.1. The predicted octanol–water partition coefficient (Wildman–Crippen LogP) is 4.12. The number of benzene rings is 2. The lowest BCUT2D eigenvalue weighted by Gasteiger charge is -2.10. The number of halogens is 2. The normalized spacial score (nSPS) is 10.6. The highest BCUT2D eigenvalue weighted by molar-refractivity contribution is 14.1. The van der Waals surface area contributed by atoms with Gasteiger partial charge in [0, 0.05) is 14.8 Å². The number of anilines is 2. The minimum Gasteiger partial charge on any atom is -0.378 e. The molecule has 0 amide bonds. The minimum atomic E-state index is -0.371. The van der Waals surface area contributed by atoms with Crippen LogP contribution in [0.15, 0.2) is 57.8 Å². The van der Waals surface area contributed by atoms with Crippen LogP contribution in [0.25, 0.3) is 11.3 Å². The Morgan fingerprint density at radius 3 is 2.52 bits per heavy atom. The quantitative estimate of drug-likeness (QED) is 0.655. The van der Waals surface area contributed by atoms with Crippen molar-refractivity contribution in [2.45, 2.75) is 0 Å². The summed E-state index contributed by atoms with van der Waals surface area (Å²) in [5.41, 5.74) is 1.61. The summed E-state index contributed by atoms with van der Waals surface area (Å²) in [6.45, 7) is 0. The van der Waals surface area contributed by atoms with Crippen molar-refractivity contribution in [2.75, 3.05) is 5.32 Å². The van der Waals surface area contributed by atoms with Gasteiger partial charge in [-0.25, -0.2) is 4.39 Å². The predicted molar refractivity (Wildman–Crippen MR) is 87.2 cm³/mol. The number of hydrogen-bond donors (Lipinski definition) is 2. The van der Waals surface area contributed by atoms with Gasteiger partial charge in [-0.1, -0.05) is 0 Å². The molecule has 106 valence electrons. The van der Waals surface area contributed by atoms with E-state index in [1.54, 1.807) is 6.07 Å². The molecule has 0 aliphatic heterocycles. The number of hydrogen-bond acceptors (Lipinski definition) is 3. The van der Waals surface area contributed by atoms with E-state index in [1.807, 2.05) is 24.3 Å². The van der Waals surface area contributed by atoms with Crippen molar-refractivity contribution >= 4 is 34.0 Å². The summed E-state index contributed by atoms with van der Waals surface area (Å²) in [4.78, 5) is 11.2. The van der Waals surface area contributed by atoms with Crippen LogP contribution < -0.4 is 10.9 Å². The molecule has 0 saturated carbocycles. The van der Waals surface area contributed by atoms with E-state index in [2.05, 4.69) is 33.1 Å². The van der Waals surface area contributed by atoms with Crippen LogP contribution in [0.3, 0.4) is 0 Å². The molecule has 3 aromatic rings. The minimum absolute atomic E-state index is 0.338. The first kappa shape index (κ1) is 13.9. The third-order valence-electron chi connectivity index (χ3n) is 2.89. The van der Waals surface area contributed by atoms with Gasteiger partial charge in [0.25, 0.3) is 5.56 Å². The van der Waals surface area contributed by atoms with Gasteiger partial charge in [-0.3, -0.25) is 4.79 Å². The second-order valence-electron chi connectivity index (χ2n) is 4.40. The molecule has 0 atom stereocenters. The van der Waals surface area contributed by atoms with Crippen molar-refractivity contribution in [1.29, 1.82) is 0 Å². The molecule has 0 saturated heterocycles. The Bertz CT molecular complexity index is 824. The van der Waals surface area contributed by atoms with E-state index in [9.17, 15) is 9.18 Å². The fourth-order valence-electron chi connectivity index (χ4n) is 1.94. The summed E-state index contributed by atoms with van der Waals surface area (Å²) in [5.74, 6) is -0.0161. The Hall–Kier alpha value is -2.09. The van der Waals surface area contributed by atoms with Crippen LogP contribution in [-0.4, -0.2) is 5.16 Å². The monoisotopic (exact) mass is 396 g/mol. The Morgan fingerprint density at radius 2 is 1.86 bits per heavy atom. The highest BCUT2D eigenvalue weighted by atomic mass is 127. The molecule has 6 heteroatoms. The van der Waals surface area contributed by atoms with Crippen LogP contribution >= 0.6 is 22.6 Å². The van der Waals surface area contributed by atoms with Crippen LogP contribution in [0, 0.1) is 9.39 Å². The molecule has 1 heterocycles. The van der Waals surface area contributed by atoms with E-state index in [0.29, 0.717) is 17.0 Å². The maximum absolute atomic E-state index is 13.5. The third kappa shape index (κ3) is 3.15. The van der Waals surface area contributed by atoms with Gasteiger partial charge in [-0.05, 0) is 65.1 Å². The Kier molecular flexibility index (Phi) is 3.78. The maximum Gasteiger partial charge on any atom is 0.280 e. The van der Waals surface area contributed by atoms with Gasteiger partial charge in [0.15, 0.2) is 5.76 Å². The summed E-state index contributed by atoms with van der Waals surface area (Å²) < 4.78 is 19.7. The highest BCUT2D eigenvalue weighted by Gasteiger charge is 2.11. The zero-order valence-electron chi connectivity index (χ0n) is 10.7. The number of rotatable bonds is 3. The molecule has 21 heavy (non-hydrogen) atoms. The first-order valence-corrected chi connectivity index (χ1v) is 7.21. The molecule has 0 aliphatic rings. The molecule has 0 aliphatic carbocycles. The van der Waals surface area contributed by atoms with Gasteiger partial charge < -0.3 is 9.84 Å². The van der Waals surface area contributed by atoms with E-state index in [1.165, 1.54) is 18.2 Å². The van der Waals surface area contributed by atoms with Crippen molar-refractivity contribution in [1.82, 2.24) is 5.16 Å². The Balaban J connectivity index is 2.02. The van der Waals surface area contributed by atoms with Crippen LogP contribution in [0.4, 0.5) is 15.8 Å². The summed E-state index contributed by atoms with van der Waals surface area (Å²) >= 11 is 2.21. The average molecular weight is 396 g/mol. The van der Waals surface area contributed by atoms with Crippen molar-refractivity contribution < 1.29 is 8.91 Å². The van der Waals surface area contributed by atoms with Crippen LogP contribution in [0.2, 0.25) is 0 Å². The zero-order valence-corrected chi connectivity index (χ0v) is 12.8. The first-order valence-electron chi connectivity index (χ1n) is 6.13. The highest BCUT2D eigenvalue weighted by Crippen LogP contribution is 2.30. The molecular formula is C15H10FIN2O2. The van der Waals surface area contributed by atoms with Crippen molar-refractivity contribution in [3.05, 3.63) is 68.3 Å². The first-order chi connectivity index (χ1) is 10.1. The van der Waals surface area contributed by atoms with Crippen molar-refractivity contribution in [3.63, 3.8) is 0 Å². The molecule has 2 aromatic carbocycles. The SMILES string of the molecule is O=c1cc(-c2ccc(F)cc2Nc2ccc(I)cc2)o[nH]1. The van der Waals surface area contributed by atoms with E-state index < -0.39 is 0 Å². The van der Waals surface area contributed by atoms with Crippen LogP contribution in [-0.2, 0) is 0 Å². The lowest BCUT2D eigenvalue weighted by molar-refractivity contribution is 0.426. The fourth-order valence-corrected chi connectivity index (χ4v) is 2.30. The molecular weight excluding hydrogens is 386 g/mol. The zero-order chi connectivity index (χ0) is 14.8. The topological polar surface area (TPSA) is 58.0 Å². The van der Waals surface area contributed by atoms with E-state index in [4.69, 9.17) is 4.52 Å². The smallest absolute Gasteiger partial charge is 0.280 e. The summed E-state index contributed by atoms with van der Waals surface area (Å²) in [7, 11) is 0. The lowest BCUT2D eigenvalue weighted by Crippen LogP contribution is -1.95. The van der Waals surface area contributed by atoms with Gasteiger partial charge >= 0.3 is 0 Å². The molecule has 1 aromatic heterocycles. The summed E-state index contributed by atoms with van der Waals surface area (Å²) in [6, 6.07) is 13.2. The number of aromatic amines is 1. The second-order valence-corrected chi connectivity index (χ2v) is 5.64. The summed E-state index contributed by atoms with van der Waals surface area (Å²) in [6.07, 6.45) is 0. The molecule has 0 radical (unpaired) electrons. The molecule has 0 spiro atoms. The third-order valence-corrected chi connectivity index (χ3v) is 3.61. The largest absolute Gasteiger partial charge is 0.378 e. The standard InChI is InChI=1S/C15H10FIN2O2/c16-9-1-6-12(14-8-15(20)19-21-14)13(7-9)18-11-4-2-10(17)3-5-11/h1-8,18H,(H,19,20). The van der Waals surface area contributed by atoms with Crippen molar-refractivity contribution in [2.24, 2.45) is 0 Å². The molecule has 4 nitrogen and oxygen atoms in total. The number of aromatic nitrogens is 1. The van der Waals surface area contributed by atoms with Crippen LogP contribution in [0.1, 0.15) is 0 Å². The van der Waals surface area contributed by atoms with Crippen LogP contribution in [0.5, 0.6) is 0 Å². The van der Waals surface area contributed by atoms with E-state index in [-0.39, 0.29) is 11.4 Å². The van der Waals surface area contributed by atoms with Gasteiger partial charge in [0.05, 0.1) is 11.8 Å². The molecule has 0 fully saturated rings. The molecule has 0 unspecified atom stereocenters. The number of nitrogens with one attached hydrogen (secondary N) is 2. The van der Waals surface area contributed by atoms with E-state index in [0.717, 1.165) is 9.26 Å². The van der Waals surface area contributed by atoms with Gasteiger partial charge in [0.1, 0.15) is 5.82 Å². The van der Waals surface area contributed by atoms with Crippen molar-refractivity contribution in [3.8, 4) is 11.3 Å². The molecule has 2 N–H and O–H groups in total. The van der Waals surface area contributed by atoms with E-state index >= 15 is 0 Å². The number of H-pyrrole nitrogens is 1. The fraction of sp³-hybridized carbons (Fsp3) is 0. The Morgan fingerprint density at radius 1 is 1.10 bits per heavy atom. The molecule has 3 rings (SSSR count).